The van der Waals surface area contributed by atoms with E-state index in [0.717, 1.165) is 29.2 Å². The first-order chi connectivity index (χ1) is 11.2. The molecule has 1 amide bonds. The topological polar surface area (TPSA) is 64.1 Å². The molecule has 0 atom stereocenters. The molecule has 2 rings (SSSR count). The molecular formula is C17H21N3O2S. The molecule has 23 heavy (non-hydrogen) atoms. The molecular weight excluding hydrogens is 310 g/mol. The zero-order valence-corrected chi connectivity index (χ0v) is 14.4. The molecule has 0 unspecified atom stereocenters. The van der Waals surface area contributed by atoms with Crippen molar-refractivity contribution in [1.82, 2.24) is 10.2 Å². The Kier molecular flexibility index (Phi) is 6.29. The lowest BCUT2D eigenvalue weighted by atomic mass is 10.1. The van der Waals surface area contributed by atoms with Gasteiger partial charge in [0.25, 0.3) is 0 Å². The van der Waals surface area contributed by atoms with Crippen molar-refractivity contribution in [1.29, 1.82) is 0 Å². The highest BCUT2D eigenvalue weighted by Crippen LogP contribution is 2.28. The Morgan fingerprint density at radius 2 is 1.96 bits per heavy atom. The van der Waals surface area contributed by atoms with Gasteiger partial charge in [0.15, 0.2) is 0 Å². The number of hydrogen-bond acceptors (Lipinski definition) is 5. The van der Waals surface area contributed by atoms with Crippen molar-refractivity contribution >= 4 is 28.5 Å². The largest absolute Gasteiger partial charge is 0.497 e. The van der Waals surface area contributed by atoms with Crippen LogP contribution in [-0.4, -0.2) is 23.2 Å². The fourth-order valence-corrected chi connectivity index (χ4v) is 3.13. The summed E-state index contributed by atoms with van der Waals surface area (Å²) in [5.41, 5.74) is 0.927. The van der Waals surface area contributed by atoms with Gasteiger partial charge >= 0.3 is 0 Å². The van der Waals surface area contributed by atoms with Gasteiger partial charge in [0.1, 0.15) is 10.8 Å². The smallest absolute Gasteiger partial charge is 0.250 e. The minimum Gasteiger partial charge on any atom is -0.497 e. The molecule has 1 N–H and O–H groups in total. The Labute approximate surface area is 140 Å². The third-order valence-electron chi connectivity index (χ3n) is 3.55. The lowest BCUT2D eigenvalue weighted by Crippen LogP contribution is -2.07. The minimum atomic E-state index is -0.215. The molecule has 0 saturated heterocycles. The Morgan fingerprint density at radius 1 is 1.26 bits per heavy atom. The number of aromatic nitrogens is 2. The van der Waals surface area contributed by atoms with Crippen LogP contribution in [0.15, 0.2) is 30.3 Å². The predicted molar refractivity (Wildman–Crippen MR) is 93.9 cm³/mol. The number of anilines is 1. The first-order valence-electron chi connectivity index (χ1n) is 7.62. The highest BCUT2D eigenvalue weighted by Gasteiger charge is 2.13. The van der Waals surface area contributed by atoms with Crippen molar-refractivity contribution in [2.24, 2.45) is 0 Å². The molecule has 6 heteroatoms. The number of carbonyl (C=O) groups excluding carboxylic acids is 1. The summed E-state index contributed by atoms with van der Waals surface area (Å²) < 4.78 is 5.10. The average Bonchev–Trinajstić information content (AvgIpc) is 3.03. The van der Waals surface area contributed by atoms with E-state index in [-0.39, 0.29) is 5.91 Å². The fourth-order valence-electron chi connectivity index (χ4n) is 2.12. The second-order valence-corrected chi connectivity index (χ2v) is 6.06. The molecule has 0 fully saturated rings. The van der Waals surface area contributed by atoms with Crippen LogP contribution in [0.5, 0.6) is 5.75 Å². The number of rotatable bonds is 7. The quantitative estimate of drug-likeness (QED) is 0.776. The van der Waals surface area contributed by atoms with Crippen LogP contribution in [0.1, 0.15) is 43.2 Å². The lowest BCUT2D eigenvalue weighted by molar-refractivity contribution is -0.111. The van der Waals surface area contributed by atoms with Crippen molar-refractivity contribution in [3.8, 4) is 5.75 Å². The normalized spacial score (nSPS) is 11.1. The van der Waals surface area contributed by atoms with Gasteiger partial charge in [-0.2, -0.15) is 0 Å². The standard InChI is InChI=1S/C17H21N3O2S/c1-4-13(5-2)16-19-20-17(23-16)18-15(21)11-8-12-6-9-14(22-3)10-7-12/h6-11,13H,4-5H2,1-3H3,(H,18,20,21). The van der Waals surface area contributed by atoms with Crippen molar-refractivity contribution in [2.45, 2.75) is 32.6 Å². The van der Waals surface area contributed by atoms with Crippen molar-refractivity contribution in [2.75, 3.05) is 12.4 Å². The van der Waals surface area contributed by atoms with Gasteiger partial charge in [-0.1, -0.05) is 37.3 Å². The van der Waals surface area contributed by atoms with Gasteiger partial charge in [-0.25, -0.2) is 0 Å². The van der Waals surface area contributed by atoms with E-state index in [1.54, 1.807) is 13.2 Å². The van der Waals surface area contributed by atoms with Gasteiger partial charge < -0.3 is 4.74 Å². The summed E-state index contributed by atoms with van der Waals surface area (Å²) in [4.78, 5) is 11.9. The average molecular weight is 331 g/mol. The maximum absolute atomic E-state index is 11.9. The third-order valence-corrected chi connectivity index (χ3v) is 4.55. The second kappa shape index (κ2) is 8.43. The molecule has 0 aliphatic heterocycles. The Morgan fingerprint density at radius 3 is 2.57 bits per heavy atom. The molecule has 1 aromatic heterocycles. The summed E-state index contributed by atoms with van der Waals surface area (Å²) in [6.07, 6.45) is 5.28. The molecule has 0 spiro atoms. The second-order valence-electron chi connectivity index (χ2n) is 5.05. The summed E-state index contributed by atoms with van der Waals surface area (Å²) in [7, 11) is 1.62. The summed E-state index contributed by atoms with van der Waals surface area (Å²) >= 11 is 1.44. The van der Waals surface area contributed by atoms with E-state index in [1.165, 1.54) is 17.4 Å². The van der Waals surface area contributed by atoms with Crippen LogP contribution in [0.3, 0.4) is 0 Å². The van der Waals surface area contributed by atoms with E-state index in [4.69, 9.17) is 4.74 Å². The number of amides is 1. The SMILES string of the molecule is CCC(CC)c1nnc(NC(=O)C=Cc2ccc(OC)cc2)s1. The minimum absolute atomic E-state index is 0.215. The Bertz CT molecular complexity index is 661. The number of nitrogens with one attached hydrogen (secondary N) is 1. The van der Waals surface area contributed by atoms with Crippen LogP contribution in [-0.2, 0) is 4.79 Å². The highest BCUT2D eigenvalue weighted by atomic mass is 32.1. The van der Waals surface area contributed by atoms with Crippen molar-refractivity contribution in [3.63, 3.8) is 0 Å². The Hall–Kier alpha value is -2.21. The zero-order valence-electron chi connectivity index (χ0n) is 13.6. The fraction of sp³-hybridized carbons (Fsp3) is 0.353. The van der Waals surface area contributed by atoms with Crippen LogP contribution in [0, 0.1) is 0 Å². The molecule has 122 valence electrons. The van der Waals surface area contributed by atoms with Crippen molar-refractivity contribution in [3.05, 3.63) is 40.9 Å². The third kappa shape index (κ3) is 4.89. The van der Waals surface area contributed by atoms with Gasteiger partial charge in [-0.05, 0) is 36.6 Å². The number of carbonyl (C=O) groups is 1. The molecule has 1 heterocycles. The lowest BCUT2D eigenvalue weighted by Gasteiger charge is -2.05. The van der Waals surface area contributed by atoms with Crippen LogP contribution >= 0.6 is 11.3 Å². The number of benzene rings is 1. The van der Waals surface area contributed by atoms with Crippen molar-refractivity contribution < 1.29 is 9.53 Å². The van der Waals surface area contributed by atoms with E-state index < -0.39 is 0 Å². The van der Waals surface area contributed by atoms with E-state index in [9.17, 15) is 4.79 Å². The van der Waals surface area contributed by atoms with Crippen LogP contribution in [0.2, 0.25) is 0 Å². The molecule has 1 aromatic carbocycles. The Balaban J connectivity index is 1.94. The van der Waals surface area contributed by atoms with Crippen LogP contribution in [0.4, 0.5) is 5.13 Å². The highest BCUT2D eigenvalue weighted by molar-refractivity contribution is 7.15. The van der Waals surface area contributed by atoms with Crippen LogP contribution in [0.25, 0.3) is 6.08 Å². The summed E-state index contributed by atoms with van der Waals surface area (Å²) in [5.74, 6) is 0.982. The van der Waals surface area contributed by atoms with Crippen LogP contribution < -0.4 is 10.1 Å². The molecule has 5 nitrogen and oxygen atoms in total. The first-order valence-corrected chi connectivity index (χ1v) is 8.44. The summed E-state index contributed by atoms with van der Waals surface area (Å²) in [6.45, 7) is 4.26. The van der Waals surface area contributed by atoms with Gasteiger partial charge in [0.05, 0.1) is 7.11 Å². The predicted octanol–water partition coefficient (Wildman–Crippen LogP) is 4.10. The molecule has 0 radical (unpaired) electrons. The number of methoxy groups -OCH3 is 1. The van der Waals surface area contributed by atoms with Gasteiger partial charge in [0.2, 0.25) is 11.0 Å². The van der Waals surface area contributed by atoms with E-state index in [1.807, 2.05) is 24.3 Å². The van der Waals surface area contributed by atoms with E-state index in [2.05, 4.69) is 29.4 Å². The number of nitrogens with zero attached hydrogens (tertiary/aromatic N) is 2. The number of hydrogen-bond donors (Lipinski definition) is 1. The maximum Gasteiger partial charge on any atom is 0.250 e. The molecule has 0 aliphatic rings. The zero-order chi connectivity index (χ0) is 16.7. The van der Waals surface area contributed by atoms with E-state index in [0.29, 0.717) is 11.0 Å². The van der Waals surface area contributed by atoms with E-state index >= 15 is 0 Å². The molecule has 2 aromatic rings. The molecule has 0 saturated carbocycles. The summed E-state index contributed by atoms with van der Waals surface area (Å²) in [6, 6.07) is 7.48. The monoisotopic (exact) mass is 331 g/mol. The van der Waals surface area contributed by atoms with Gasteiger partial charge in [-0.3, -0.25) is 10.1 Å². The first kappa shape index (κ1) is 17.1. The molecule has 0 aliphatic carbocycles. The van der Waals surface area contributed by atoms with Gasteiger partial charge in [-0.15, -0.1) is 10.2 Å². The maximum atomic E-state index is 11.9. The number of ether oxygens (including phenoxy) is 1. The van der Waals surface area contributed by atoms with Gasteiger partial charge in [0, 0.05) is 12.0 Å². The summed E-state index contributed by atoms with van der Waals surface area (Å²) in [5, 5.41) is 12.5. The molecule has 0 bridgehead atoms.